The highest BCUT2D eigenvalue weighted by Gasteiger charge is 2.09. The van der Waals surface area contributed by atoms with Gasteiger partial charge in [-0.25, -0.2) is 0 Å². The van der Waals surface area contributed by atoms with E-state index in [4.69, 9.17) is 11.6 Å². The topological polar surface area (TPSA) is 54.0 Å². The normalized spacial score (nSPS) is 13.8. The largest absolute Gasteiger partial charge is 0.381 e. The number of nitrogens with one attached hydrogen (secondary N) is 2. The summed E-state index contributed by atoms with van der Waals surface area (Å²) in [6.45, 7) is 1.25. The first-order chi connectivity index (χ1) is 12.7. The van der Waals surface area contributed by atoms with Crippen LogP contribution >= 0.6 is 11.6 Å². The lowest BCUT2D eigenvalue weighted by molar-refractivity contribution is 0.0949. The monoisotopic (exact) mass is 369 g/mol. The third-order valence-corrected chi connectivity index (χ3v) is 4.92. The highest BCUT2D eigenvalue weighted by molar-refractivity contribution is 6.31. The molecular weight excluding hydrogens is 346 g/mol. The number of allylic oxidation sites excluding steroid dienone is 1. The molecule has 1 heterocycles. The van der Waals surface area contributed by atoms with Crippen molar-refractivity contribution in [2.45, 2.75) is 38.6 Å². The summed E-state index contributed by atoms with van der Waals surface area (Å²) in [6.07, 6.45) is 9.77. The second-order valence-electron chi connectivity index (χ2n) is 6.49. The van der Waals surface area contributed by atoms with Gasteiger partial charge in [-0.2, -0.15) is 0 Å². The fourth-order valence-electron chi connectivity index (χ4n) is 3.06. The Morgan fingerprint density at radius 3 is 2.88 bits per heavy atom. The molecule has 0 atom stereocenters. The first kappa shape index (κ1) is 18.5. The van der Waals surface area contributed by atoms with Gasteiger partial charge in [0.2, 0.25) is 0 Å². The van der Waals surface area contributed by atoms with E-state index in [1.165, 1.54) is 24.8 Å². The molecule has 1 amide bonds. The standard InChI is InChI=1S/C21H24ClN3O/c22-19-9-5-4-8-17(19)15-25-18-11-13-23-20(14-18)21(26)24-12-10-16-6-2-1-3-7-16/h4-6,8-9,11,13-14H,1-3,7,10,12,15H2,(H,23,25)(H,24,26). The van der Waals surface area contributed by atoms with Crippen molar-refractivity contribution in [2.75, 3.05) is 11.9 Å². The van der Waals surface area contributed by atoms with Crippen LogP contribution in [0.25, 0.3) is 0 Å². The number of carbonyl (C=O) groups excluding carboxylic acids is 1. The lowest BCUT2D eigenvalue weighted by Gasteiger charge is -2.13. The summed E-state index contributed by atoms with van der Waals surface area (Å²) < 4.78 is 0. The van der Waals surface area contributed by atoms with Crippen molar-refractivity contribution in [3.8, 4) is 0 Å². The third kappa shape index (κ3) is 5.33. The maximum atomic E-state index is 12.3. The molecule has 1 aromatic carbocycles. The quantitative estimate of drug-likeness (QED) is 0.677. The van der Waals surface area contributed by atoms with Crippen LogP contribution in [0.1, 0.15) is 48.2 Å². The average Bonchev–Trinajstić information content (AvgIpc) is 2.68. The molecule has 136 valence electrons. The van der Waals surface area contributed by atoms with Gasteiger partial charge in [0.1, 0.15) is 5.69 Å². The number of hydrogen-bond acceptors (Lipinski definition) is 3. The molecule has 5 heteroatoms. The van der Waals surface area contributed by atoms with Gasteiger partial charge in [-0.3, -0.25) is 9.78 Å². The molecule has 0 spiro atoms. The molecule has 0 saturated heterocycles. The van der Waals surface area contributed by atoms with E-state index in [9.17, 15) is 4.79 Å². The van der Waals surface area contributed by atoms with Crippen molar-refractivity contribution in [2.24, 2.45) is 0 Å². The number of rotatable bonds is 7. The van der Waals surface area contributed by atoms with Crippen LogP contribution in [0.5, 0.6) is 0 Å². The maximum absolute atomic E-state index is 12.3. The molecule has 0 bridgehead atoms. The molecular formula is C21H24ClN3O. The Balaban J connectivity index is 1.52. The maximum Gasteiger partial charge on any atom is 0.269 e. The van der Waals surface area contributed by atoms with Crippen molar-refractivity contribution in [3.63, 3.8) is 0 Å². The van der Waals surface area contributed by atoms with Crippen LogP contribution < -0.4 is 10.6 Å². The van der Waals surface area contributed by atoms with Gasteiger partial charge >= 0.3 is 0 Å². The summed E-state index contributed by atoms with van der Waals surface area (Å²) in [6, 6.07) is 11.3. The first-order valence-electron chi connectivity index (χ1n) is 9.12. The van der Waals surface area contributed by atoms with Crippen LogP contribution in [-0.4, -0.2) is 17.4 Å². The summed E-state index contributed by atoms with van der Waals surface area (Å²) in [5, 5.41) is 6.98. The van der Waals surface area contributed by atoms with Gasteiger partial charge in [0.15, 0.2) is 0 Å². The number of pyridine rings is 1. The van der Waals surface area contributed by atoms with E-state index < -0.39 is 0 Å². The Labute approximate surface area is 159 Å². The number of halogens is 1. The molecule has 0 saturated carbocycles. The molecule has 26 heavy (non-hydrogen) atoms. The molecule has 0 aliphatic heterocycles. The zero-order valence-corrected chi connectivity index (χ0v) is 15.6. The minimum absolute atomic E-state index is 0.136. The molecule has 0 radical (unpaired) electrons. The zero-order chi connectivity index (χ0) is 18.2. The third-order valence-electron chi connectivity index (χ3n) is 4.55. The first-order valence-corrected chi connectivity index (χ1v) is 9.49. The Morgan fingerprint density at radius 1 is 1.19 bits per heavy atom. The van der Waals surface area contributed by atoms with Crippen LogP contribution in [0.4, 0.5) is 5.69 Å². The Kier molecular flexibility index (Phi) is 6.67. The number of benzene rings is 1. The number of nitrogens with zero attached hydrogens (tertiary/aromatic N) is 1. The van der Waals surface area contributed by atoms with E-state index in [1.54, 1.807) is 12.3 Å². The van der Waals surface area contributed by atoms with Gasteiger partial charge in [-0.05, 0) is 55.9 Å². The number of amides is 1. The summed E-state index contributed by atoms with van der Waals surface area (Å²) in [7, 11) is 0. The smallest absolute Gasteiger partial charge is 0.269 e. The SMILES string of the molecule is O=C(NCCC1=CCCCC1)c1cc(NCc2ccccc2Cl)ccn1. The molecule has 1 aromatic heterocycles. The highest BCUT2D eigenvalue weighted by Crippen LogP contribution is 2.20. The molecule has 4 nitrogen and oxygen atoms in total. The van der Waals surface area contributed by atoms with Gasteiger partial charge in [0.25, 0.3) is 5.91 Å². The van der Waals surface area contributed by atoms with Gasteiger partial charge in [-0.15, -0.1) is 0 Å². The molecule has 2 aromatic rings. The summed E-state index contributed by atoms with van der Waals surface area (Å²) in [4.78, 5) is 16.5. The van der Waals surface area contributed by atoms with Crippen LogP contribution in [-0.2, 0) is 6.54 Å². The number of aromatic nitrogens is 1. The van der Waals surface area contributed by atoms with Crippen LogP contribution in [0, 0.1) is 0 Å². The molecule has 2 N–H and O–H groups in total. The summed E-state index contributed by atoms with van der Waals surface area (Å²) >= 11 is 6.17. The second-order valence-corrected chi connectivity index (χ2v) is 6.90. The fourth-order valence-corrected chi connectivity index (χ4v) is 3.27. The van der Waals surface area contributed by atoms with E-state index >= 15 is 0 Å². The van der Waals surface area contributed by atoms with E-state index in [1.807, 2.05) is 30.3 Å². The predicted molar refractivity (Wildman–Crippen MR) is 107 cm³/mol. The second kappa shape index (κ2) is 9.39. The number of anilines is 1. The average molecular weight is 370 g/mol. The van der Waals surface area contributed by atoms with Gasteiger partial charge < -0.3 is 10.6 Å². The van der Waals surface area contributed by atoms with Crippen LogP contribution in [0.2, 0.25) is 5.02 Å². The summed E-state index contributed by atoms with van der Waals surface area (Å²) in [5.41, 5.74) is 3.74. The molecule has 0 fully saturated rings. The molecule has 3 rings (SSSR count). The minimum Gasteiger partial charge on any atom is -0.381 e. The van der Waals surface area contributed by atoms with Gasteiger partial charge in [-0.1, -0.05) is 41.4 Å². The van der Waals surface area contributed by atoms with Gasteiger partial charge in [0.05, 0.1) is 0 Å². The molecule has 0 unspecified atom stereocenters. The Bertz CT molecular complexity index is 788. The Hall–Kier alpha value is -2.33. The lowest BCUT2D eigenvalue weighted by Crippen LogP contribution is -2.25. The van der Waals surface area contributed by atoms with Crippen molar-refractivity contribution in [3.05, 3.63) is 70.5 Å². The molecule has 1 aliphatic rings. The van der Waals surface area contributed by atoms with Crippen molar-refractivity contribution in [1.82, 2.24) is 10.3 Å². The number of hydrogen-bond donors (Lipinski definition) is 2. The van der Waals surface area contributed by atoms with E-state index in [0.29, 0.717) is 18.8 Å². The lowest BCUT2D eigenvalue weighted by atomic mass is 9.97. The highest BCUT2D eigenvalue weighted by atomic mass is 35.5. The molecule has 1 aliphatic carbocycles. The summed E-state index contributed by atoms with van der Waals surface area (Å²) in [5.74, 6) is -0.136. The van der Waals surface area contributed by atoms with Gasteiger partial charge in [0, 0.05) is 30.0 Å². The van der Waals surface area contributed by atoms with E-state index in [-0.39, 0.29) is 5.91 Å². The van der Waals surface area contributed by atoms with Crippen LogP contribution in [0.15, 0.2) is 54.2 Å². The van der Waals surface area contributed by atoms with Crippen molar-refractivity contribution < 1.29 is 4.79 Å². The zero-order valence-electron chi connectivity index (χ0n) is 14.8. The predicted octanol–water partition coefficient (Wildman–Crippen LogP) is 4.97. The van der Waals surface area contributed by atoms with Crippen molar-refractivity contribution >= 4 is 23.2 Å². The van der Waals surface area contributed by atoms with E-state index in [0.717, 1.165) is 29.1 Å². The Morgan fingerprint density at radius 2 is 2.08 bits per heavy atom. The van der Waals surface area contributed by atoms with Crippen molar-refractivity contribution in [1.29, 1.82) is 0 Å². The fraction of sp³-hybridized carbons (Fsp3) is 0.333. The number of carbonyl (C=O) groups is 1. The van der Waals surface area contributed by atoms with E-state index in [2.05, 4.69) is 21.7 Å². The minimum atomic E-state index is -0.136. The van der Waals surface area contributed by atoms with Crippen LogP contribution in [0.3, 0.4) is 0 Å².